The number of nitrogens with zero attached hydrogens (tertiary/aromatic N) is 2. The third kappa shape index (κ3) is 6.48. The van der Waals surface area contributed by atoms with Crippen LogP contribution in [-0.2, 0) is 4.74 Å². The van der Waals surface area contributed by atoms with E-state index in [9.17, 15) is 19.8 Å². The van der Waals surface area contributed by atoms with Gasteiger partial charge in [0.05, 0.1) is 13.7 Å². The topological polar surface area (TPSA) is 109 Å². The second kappa shape index (κ2) is 11.8. The Kier molecular flexibility index (Phi) is 9.39. The van der Waals surface area contributed by atoms with E-state index in [1.165, 1.54) is 4.90 Å². The molecule has 1 fully saturated rings. The van der Waals surface area contributed by atoms with E-state index in [1.54, 1.807) is 37.3 Å². The van der Waals surface area contributed by atoms with Gasteiger partial charge < -0.3 is 34.2 Å². The van der Waals surface area contributed by atoms with Gasteiger partial charge in [0.25, 0.3) is 5.91 Å². The molecule has 31 heavy (non-hydrogen) atoms. The number of rotatable bonds is 11. The van der Waals surface area contributed by atoms with E-state index < -0.39 is 6.09 Å². The molecule has 1 saturated heterocycles. The van der Waals surface area contributed by atoms with Crippen LogP contribution >= 0.6 is 0 Å². The van der Waals surface area contributed by atoms with E-state index in [2.05, 4.69) is 0 Å². The molecule has 2 N–H and O–H groups in total. The smallest absolute Gasteiger partial charge is 0.407 e. The van der Waals surface area contributed by atoms with Gasteiger partial charge in [0.1, 0.15) is 0 Å². The molecule has 0 bridgehead atoms. The van der Waals surface area contributed by atoms with E-state index in [4.69, 9.17) is 14.2 Å². The largest absolute Gasteiger partial charge is 0.493 e. The standard InChI is InChI=1S/C22H34N2O7/c1-15(2)24(13-17-11-23(22(27)28)12-18(17)14-25)21(26)16-6-7-19(30-4)20(10-16)31-9-5-8-29-3/h6-7,10,15,17-18,25H,5,8-9,11-14H2,1-4H3,(H,27,28)/t17-,18-/m0/s1. The Morgan fingerprint density at radius 3 is 2.45 bits per heavy atom. The van der Waals surface area contributed by atoms with Crippen LogP contribution < -0.4 is 9.47 Å². The van der Waals surface area contributed by atoms with E-state index in [0.717, 1.165) is 0 Å². The SMILES string of the molecule is COCCCOc1cc(C(=O)N(C[C@@H]2CN(C(=O)O)C[C@H]2CO)C(C)C)ccc1OC. The fourth-order valence-corrected chi connectivity index (χ4v) is 3.76. The lowest BCUT2D eigenvalue weighted by atomic mass is 9.95. The molecule has 1 aromatic rings. The molecule has 1 aromatic carbocycles. The number of aliphatic hydroxyl groups is 1. The van der Waals surface area contributed by atoms with Crippen molar-refractivity contribution in [3.63, 3.8) is 0 Å². The summed E-state index contributed by atoms with van der Waals surface area (Å²) in [7, 11) is 3.17. The number of carbonyl (C=O) groups excluding carboxylic acids is 1. The number of hydrogen-bond donors (Lipinski definition) is 2. The highest BCUT2D eigenvalue weighted by molar-refractivity contribution is 5.95. The van der Waals surface area contributed by atoms with Gasteiger partial charge in [-0.3, -0.25) is 4.79 Å². The van der Waals surface area contributed by atoms with Crippen molar-refractivity contribution < 1.29 is 34.0 Å². The zero-order valence-corrected chi connectivity index (χ0v) is 18.7. The summed E-state index contributed by atoms with van der Waals surface area (Å²) in [5.74, 6) is 0.527. The Bertz CT molecular complexity index is 741. The van der Waals surface area contributed by atoms with Crippen molar-refractivity contribution in [1.29, 1.82) is 0 Å². The molecule has 0 saturated carbocycles. The van der Waals surface area contributed by atoms with E-state index >= 15 is 0 Å². The monoisotopic (exact) mass is 438 g/mol. The summed E-state index contributed by atoms with van der Waals surface area (Å²) in [6, 6.07) is 4.97. The van der Waals surface area contributed by atoms with Crippen molar-refractivity contribution in [2.75, 3.05) is 53.7 Å². The Hall–Kier alpha value is -2.52. The van der Waals surface area contributed by atoms with Gasteiger partial charge in [-0.2, -0.15) is 0 Å². The molecule has 2 amide bonds. The molecule has 9 heteroatoms. The molecule has 0 spiro atoms. The van der Waals surface area contributed by atoms with Gasteiger partial charge in [-0.05, 0) is 32.0 Å². The van der Waals surface area contributed by atoms with Crippen molar-refractivity contribution in [3.05, 3.63) is 23.8 Å². The molecule has 0 aromatic heterocycles. The Balaban J connectivity index is 2.18. The van der Waals surface area contributed by atoms with E-state index in [0.29, 0.717) is 49.8 Å². The maximum Gasteiger partial charge on any atom is 0.407 e. The highest BCUT2D eigenvalue weighted by atomic mass is 16.5. The maximum atomic E-state index is 13.3. The van der Waals surface area contributed by atoms with Crippen molar-refractivity contribution in [1.82, 2.24) is 9.80 Å². The first kappa shape index (κ1) is 24.7. The molecular weight excluding hydrogens is 404 g/mol. The maximum absolute atomic E-state index is 13.3. The average molecular weight is 439 g/mol. The number of hydrogen-bond acceptors (Lipinski definition) is 6. The number of ether oxygens (including phenoxy) is 3. The van der Waals surface area contributed by atoms with Crippen LogP contribution in [0.5, 0.6) is 11.5 Å². The normalized spacial score (nSPS) is 18.3. The molecule has 2 atom stereocenters. The van der Waals surface area contributed by atoms with Crippen molar-refractivity contribution in [2.45, 2.75) is 26.3 Å². The lowest BCUT2D eigenvalue weighted by Gasteiger charge is -2.31. The average Bonchev–Trinajstić information content (AvgIpc) is 3.17. The number of aliphatic hydroxyl groups excluding tert-OH is 1. The molecular formula is C22H34N2O7. The number of likely N-dealkylation sites (tertiary alicyclic amines) is 1. The predicted molar refractivity (Wildman–Crippen MR) is 115 cm³/mol. The molecule has 2 rings (SSSR count). The summed E-state index contributed by atoms with van der Waals surface area (Å²) in [4.78, 5) is 27.7. The minimum Gasteiger partial charge on any atom is -0.493 e. The fraction of sp³-hybridized carbons (Fsp3) is 0.636. The first-order valence-electron chi connectivity index (χ1n) is 10.5. The van der Waals surface area contributed by atoms with Crippen LogP contribution in [0, 0.1) is 11.8 Å². The summed E-state index contributed by atoms with van der Waals surface area (Å²) in [5.41, 5.74) is 0.463. The molecule has 1 heterocycles. The third-order valence-corrected chi connectivity index (χ3v) is 5.56. The lowest BCUT2D eigenvalue weighted by molar-refractivity contribution is 0.0642. The highest BCUT2D eigenvalue weighted by Gasteiger charge is 2.37. The van der Waals surface area contributed by atoms with Crippen LogP contribution in [0.4, 0.5) is 4.79 Å². The van der Waals surface area contributed by atoms with Crippen LogP contribution in [-0.4, -0.2) is 91.7 Å². The molecule has 1 aliphatic rings. The zero-order chi connectivity index (χ0) is 23.0. The van der Waals surface area contributed by atoms with Gasteiger partial charge in [-0.15, -0.1) is 0 Å². The summed E-state index contributed by atoms with van der Waals surface area (Å²) < 4.78 is 16.2. The second-order valence-electron chi connectivity index (χ2n) is 8.00. The van der Waals surface area contributed by atoms with Crippen molar-refractivity contribution in [2.24, 2.45) is 11.8 Å². The number of carboxylic acid groups (broad SMARTS) is 1. The quantitative estimate of drug-likeness (QED) is 0.510. The summed E-state index contributed by atoms with van der Waals surface area (Å²) in [5, 5.41) is 19.0. The first-order valence-corrected chi connectivity index (χ1v) is 10.5. The van der Waals surface area contributed by atoms with Crippen LogP contribution in [0.2, 0.25) is 0 Å². The first-order chi connectivity index (χ1) is 14.8. The van der Waals surface area contributed by atoms with E-state index in [1.807, 2.05) is 13.8 Å². The molecule has 0 aliphatic carbocycles. The summed E-state index contributed by atoms with van der Waals surface area (Å²) in [6.45, 7) is 5.66. The summed E-state index contributed by atoms with van der Waals surface area (Å²) >= 11 is 0. The number of benzene rings is 1. The van der Waals surface area contributed by atoms with Crippen LogP contribution in [0.3, 0.4) is 0 Å². The van der Waals surface area contributed by atoms with Crippen LogP contribution in [0.15, 0.2) is 18.2 Å². The minimum atomic E-state index is -1.01. The highest BCUT2D eigenvalue weighted by Crippen LogP contribution is 2.30. The summed E-state index contributed by atoms with van der Waals surface area (Å²) in [6.07, 6.45) is -0.297. The molecule has 0 unspecified atom stereocenters. The van der Waals surface area contributed by atoms with Gasteiger partial charge in [0.15, 0.2) is 11.5 Å². The van der Waals surface area contributed by atoms with Gasteiger partial charge in [0.2, 0.25) is 0 Å². The van der Waals surface area contributed by atoms with Crippen molar-refractivity contribution in [3.8, 4) is 11.5 Å². The number of carbonyl (C=O) groups is 2. The number of amides is 2. The predicted octanol–water partition coefficient (Wildman–Crippen LogP) is 2.18. The molecule has 9 nitrogen and oxygen atoms in total. The minimum absolute atomic E-state index is 0.0982. The van der Waals surface area contributed by atoms with Gasteiger partial charge in [0, 0.05) is 69.8 Å². The Labute approximate surface area is 183 Å². The Morgan fingerprint density at radius 2 is 1.87 bits per heavy atom. The van der Waals surface area contributed by atoms with Crippen molar-refractivity contribution >= 4 is 12.0 Å². The number of methoxy groups -OCH3 is 2. The zero-order valence-electron chi connectivity index (χ0n) is 18.7. The molecule has 174 valence electrons. The second-order valence-corrected chi connectivity index (χ2v) is 8.00. The fourth-order valence-electron chi connectivity index (χ4n) is 3.76. The van der Waals surface area contributed by atoms with Gasteiger partial charge in [-0.1, -0.05) is 0 Å². The van der Waals surface area contributed by atoms with E-state index in [-0.39, 0.29) is 36.9 Å². The van der Waals surface area contributed by atoms with Gasteiger partial charge in [-0.25, -0.2) is 4.79 Å². The third-order valence-electron chi connectivity index (χ3n) is 5.56. The van der Waals surface area contributed by atoms with Crippen LogP contribution in [0.25, 0.3) is 0 Å². The van der Waals surface area contributed by atoms with Gasteiger partial charge >= 0.3 is 6.09 Å². The lowest BCUT2D eigenvalue weighted by Crippen LogP contribution is -2.42. The molecule has 0 radical (unpaired) electrons. The molecule has 1 aliphatic heterocycles. The van der Waals surface area contributed by atoms with Crippen LogP contribution in [0.1, 0.15) is 30.6 Å². The Morgan fingerprint density at radius 1 is 1.16 bits per heavy atom.